The van der Waals surface area contributed by atoms with Crippen LogP contribution in [-0.2, 0) is 19.7 Å². The number of thiophene rings is 1. The van der Waals surface area contributed by atoms with E-state index in [9.17, 15) is 9.59 Å². The summed E-state index contributed by atoms with van der Waals surface area (Å²) >= 11 is 1.58. The molecule has 4 nitrogen and oxygen atoms in total. The van der Waals surface area contributed by atoms with Crippen molar-refractivity contribution in [2.75, 3.05) is 13.2 Å². The quantitative estimate of drug-likeness (QED) is 0.826. The van der Waals surface area contributed by atoms with E-state index in [4.69, 9.17) is 4.74 Å². The minimum Gasteiger partial charge on any atom is -0.466 e. The molecule has 17 heavy (non-hydrogen) atoms. The maximum atomic E-state index is 11.6. The topological polar surface area (TPSA) is 55.4 Å². The summed E-state index contributed by atoms with van der Waals surface area (Å²) in [5, 5.41) is 4.77. The molecule has 1 saturated heterocycles. The predicted octanol–water partition coefficient (Wildman–Crippen LogP) is 1.46. The Morgan fingerprint density at radius 3 is 3.00 bits per heavy atom. The highest BCUT2D eigenvalue weighted by molar-refractivity contribution is 7.10. The van der Waals surface area contributed by atoms with Gasteiger partial charge in [0, 0.05) is 23.3 Å². The number of rotatable bonds is 4. The fourth-order valence-corrected chi connectivity index (χ4v) is 3.08. The van der Waals surface area contributed by atoms with Crippen molar-refractivity contribution in [3.63, 3.8) is 0 Å². The Hall–Kier alpha value is -1.36. The average Bonchev–Trinajstić information content (AvgIpc) is 2.88. The third-order valence-electron chi connectivity index (χ3n) is 2.95. The van der Waals surface area contributed by atoms with Crippen LogP contribution in [0.4, 0.5) is 0 Å². The van der Waals surface area contributed by atoms with Gasteiger partial charge in [-0.15, -0.1) is 11.3 Å². The predicted molar refractivity (Wildman–Crippen MR) is 64.9 cm³/mol. The van der Waals surface area contributed by atoms with Gasteiger partial charge in [-0.1, -0.05) is 6.07 Å². The van der Waals surface area contributed by atoms with Gasteiger partial charge in [0.05, 0.1) is 13.0 Å². The van der Waals surface area contributed by atoms with Gasteiger partial charge in [0.25, 0.3) is 0 Å². The number of ether oxygens (including phenoxy) is 1. The second-order valence-electron chi connectivity index (χ2n) is 4.19. The van der Waals surface area contributed by atoms with Crippen molar-refractivity contribution in [2.45, 2.75) is 25.2 Å². The summed E-state index contributed by atoms with van der Waals surface area (Å²) in [7, 11) is 0. The first-order valence-electron chi connectivity index (χ1n) is 5.62. The highest BCUT2D eigenvalue weighted by Gasteiger charge is 2.42. The number of esters is 1. The lowest BCUT2D eigenvalue weighted by Crippen LogP contribution is -2.31. The Morgan fingerprint density at radius 2 is 2.47 bits per heavy atom. The van der Waals surface area contributed by atoms with Gasteiger partial charge >= 0.3 is 5.97 Å². The van der Waals surface area contributed by atoms with Crippen molar-refractivity contribution < 1.29 is 14.3 Å². The van der Waals surface area contributed by atoms with Gasteiger partial charge in [-0.25, -0.2) is 0 Å². The van der Waals surface area contributed by atoms with Crippen LogP contribution < -0.4 is 5.32 Å². The maximum Gasteiger partial charge on any atom is 0.306 e. The minimum atomic E-state index is -0.405. The van der Waals surface area contributed by atoms with Gasteiger partial charge < -0.3 is 10.1 Å². The molecule has 0 bridgehead atoms. The van der Waals surface area contributed by atoms with Gasteiger partial charge in [0.15, 0.2) is 0 Å². The van der Waals surface area contributed by atoms with Gasteiger partial charge in [-0.05, 0) is 18.4 Å². The SMILES string of the molecule is CCOC(=O)CC1(c2cccs2)CNC(=O)C1. The fourth-order valence-electron chi connectivity index (χ4n) is 2.16. The van der Waals surface area contributed by atoms with Crippen LogP contribution >= 0.6 is 11.3 Å². The molecule has 1 aliphatic heterocycles. The molecule has 1 unspecified atom stereocenters. The number of hydrogen-bond acceptors (Lipinski definition) is 4. The largest absolute Gasteiger partial charge is 0.466 e. The number of carbonyl (C=O) groups is 2. The molecule has 1 N–H and O–H groups in total. The Balaban J connectivity index is 2.20. The normalized spacial score (nSPS) is 23.5. The molecule has 0 radical (unpaired) electrons. The highest BCUT2D eigenvalue weighted by atomic mass is 32.1. The molecule has 1 aromatic rings. The second kappa shape index (κ2) is 4.87. The molecule has 5 heteroatoms. The van der Waals surface area contributed by atoms with E-state index in [0.29, 0.717) is 19.6 Å². The van der Waals surface area contributed by atoms with E-state index in [-0.39, 0.29) is 18.3 Å². The van der Waals surface area contributed by atoms with Crippen LogP contribution in [0.3, 0.4) is 0 Å². The lowest BCUT2D eigenvalue weighted by atomic mass is 9.82. The first kappa shape index (κ1) is 12.1. The molecule has 1 aromatic heterocycles. The van der Waals surface area contributed by atoms with Crippen LogP contribution in [0, 0.1) is 0 Å². The second-order valence-corrected chi connectivity index (χ2v) is 5.14. The molecule has 1 aliphatic rings. The van der Waals surface area contributed by atoms with E-state index in [2.05, 4.69) is 5.32 Å². The van der Waals surface area contributed by atoms with Gasteiger partial charge in [0.1, 0.15) is 0 Å². The van der Waals surface area contributed by atoms with Crippen molar-refractivity contribution in [1.29, 1.82) is 0 Å². The van der Waals surface area contributed by atoms with Gasteiger partial charge in [-0.2, -0.15) is 0 Å². The molecule has 2 heterocycles. The molecule has 1 fully saturated rings. The summed E-state index contributed by atoms with van der Waals surface area (Å²) in [4.78, 5) is 24.2. The summed E-state index contributed by atoms with van der Waals surface area (Å²) in [6, 6.07) is 3.92. The van der Waals surface area contributed by atoms with E-state index in [1.165, 1.54) is 0 Å². The Kier molecular flexibility index (Phi) is 3.47. The first-order chi connectivity index (χ1) is 8.16. The smallest absolute Gasteiger partial charge is 0.306 e. The Morgan fingerprint density at radius 1 is 1.65 bits per heavy atom. The van der Waals surface area contributed by atoms with Crippen molar-refractivity contribution in [3.05, 3.63) is 22.4 Å². The lowest BCUT2D eigenvalue weighted by Gasteiger charge is -2.24. The molecule has 0 spiro atoms. The summed E-state index contributed by atoms with van der Waals surface area (Å²) in [6.45, 7) is 2.68. The summed E-state index contributed by atoms with van der Waals surface area (Å²) in [5.41, 5.74) is -0.405. The molecule has 0 aromatic carbocycles. The van der Waals surface area contributed by atoms with Crippen molar-refractivity contribution in [3.8, 4) is 0 Å². The lowest BCUT2D eigenvalue weighted by molar-refractivity contribution is -0.144. The van der Waals surface area contributed by atoms with E-state index >= 15 is 0 Å². The summed E-state index contributed by atoms with van der Waals surface area (Å²) in [6.07, 6.45) is 0.631. The fraction of sp³-hybridized carbons (Fsp3) is 0.500. The van der Waals surface area contributed by atoms with Crippen LogP contribution in [0.1, 0.15) is 24.6 Å². The summed E-state index contributed by atoms with van der Waals surface area (Å²) in [5.74, 6) is -0.236. The zero-order valence-electron chi connectivity index (χ0n) is 9.69. The van der Waals surface area contributed by atoms with Gasteiger partial charge in [0.2, 0.25) is 5.91 Å². The molecule has 1 atom stereocenters. The molecular weight excluding hydrogens is 238 g/mol. The number of carbonyl (C=O) groups excluding carboxylic acids is 2. The monoisotopic (exact) mass is 253 g/mol. The van der Waals surface area contributed by atoms with Crippen LogP contribution in [0.5, 0.6) is 0 Å². The molecule has 0 saturated carbocycles. The van der Waals surface area contributed by atoms with Crippen LogP contribution in [-0.4, -0.2) is 25.0 Å². The molecule has 92 valence electrons. The van der Waals surface area contributed by atoms with Crippen LogP contribution in [0.2, 0.25) is 0 Å². The molecule has 1 amide bonds. The first-order valence-corrected chi connectivity index (χ1v) is 6.50. The molecule has 0 aliphatic carbocycles. The number of hydrogen-bond donors (Lipinski definition) is 1. The third-order valence-corrected chi connectivity index (χ3v) is 4.07. The van der Waals surface area contributed by atoms with E-state index < -0.39 is 5.41 Å². The zero-order valence-corrected chi connectivity index (χ0v) is 10.5. The Labute approximate surface area is 104 Å². The molecular formula is C12H15NO3S. The number of amides is 1. The third kappa shape index (κ3) is 2.49. The standard InChI is InChI=1S/C12H15NO3S/c1-2-16-11(15)7-12(6-10(14)13-8-12)9-4-3-5-17-9/h3-5H,2,6-8H2,1H3,(H,13,14). The van der Waals surface area contributed by atoms with Crippen molar-refractivity contribution >= 4 is 23.2 Å². The Bertz CT molecular complexity index is 415. The zero-order chi connectivity index (χ0) is 12.3. The van der Waals surface area contributed by atoms with Crippen molar-refractivity contribution in [1.82, 2.24) is 5.32 Å². The average molecular weight is 253 g/mol. The van der Waals surface area contributed by atoms with E-state index in [0.717, 1.165) is 4.88 Å². The van der Waals surface area contributed by atoms with E-state index in [1.807, 2.05) is 17.5 Å². The maximum absolute atomic E-state index is 11.6. The van der Waals surface area contributed by atoms with E-state index in [1.54, 1.807) is 18.3 Å². The van der Waals surface area contributed by atoms with Crippen molar-refractivity contribution in [2.24, 2.45) is 0 Å². The van der Waals surface area contributed by atoms with Crippen LogP contribution in [0.15, 0.2) is 17.5 Å². The summed E-state index contributed by atoms with van der Waals surface area (Å²) < 4.78 is 4.99. The van der Waals surface area contributed by atoms with Gasteiger partial charge in [-0.3, -0.25) is 9.59 Å². The van der Waals surface area contributed by atoms with Crippen LogP contribution in [0.25, 0.3) is 0 Å². The highest BCUT2D eigenvalue weighted by Crippen LogP contribution is 2.37. The molecule has 2 rings (SSSR count). The number of nitrogens with one attached hydrogen (secondary N) is 1. The minimum absolute atomic E-state index is 0.00250.